The van der Waals surface area contributed by atoms with E-state index in [4.69, 9.17) is 0 Å². The van der Waals surface area contributed by atoms with Crippen molar-refractivity contribution in [1.29, 1.82) is 0 Å². The summed E-state index contributed by atoms with van der Waals surface area (Å²) in [6, 6.07) is 0. The summed E-state index contributed by atoms with van der Waals surface area (Å²) >= 11 is 0. The Morgan fingerprint density at radius 3 is 1.85 bits per heavy atom. The average molecular weight is 281 g/mol. The van der Waals surface area contributed by atoms with Crippen molar-refractivity contribution in [3.63, 3.8) is 0 Å². The van der Waals surface area contributed by atoms with Gasteiger partial charge < -0.3 is 0 Å². The first-order chi connectivity index (χ1) is 8.55. The van der Waals surface area contributed by atoms with E-state index in [9.17, 15) is 0 Å². The minimum absolute atomic E-state index is 0. The molecule has 120 valence electrons. The highest BCUT2D eigenvalue weighted by atomic mass is 14.2. The molecule has 0 aromatic heterocycles. The number of rotatable bonds is 2. The van der Waals surface area contributed by atoms with Gasteiger partial charge in [-0.3, -0.25) is 0 Å². The van der Waals surface area contributed by atoms with Crippen LogP contribution in [0.2, 0.25) is 0 Å². The molecule has 0 aromatic carbocycles. The highest BCUT2D eigenvalue weighted by Crippen LogP contribution is 2.26. The lowest BCUT2D eigenvalue weighted by atomic mass is 9.93. The molecule has 1 aliphatic carbocycles. The Bertz CT molecular complexity index is 309. The molecule has 0 saturated heterocycles. The van der Waals surface area contributed by atoms with Crippen LogP contribution in [0, 0.1) is 5.41 Å². The number of hydrogen-bond donors (Lipinski definition) is 0. The topological polar surface area (TPSA) is 0 Å². The SMILES string of the molecule is C.C.C/C=C\CC1=C(C)C=CC(C)(C)C=C1.CC.CC. The summed E-state index contributed by atoms with van der Waals surface area (Å²) in [5.74, 6) is 0. The molecule has 1 rings (SSSR count). The molecule has 0 spiro atoms. The molecule has 0 aliphatic heterocycles. The molecule has 0 fully saturated rings. The Balaban J connectivity index is -0.000000196. The van der Waals surface area contributed by atoms with Gasteiger partial charge in [-0.1, -0.05) is 92.9 Å². The predicted octanol–water partition coefficient (Wildman–Crippen LogP) is 7.75. The second-order valence-electron chi connectivity index (χ2n) is 4.47. The van der Waals surface area contributed by atoms with Crippen molar-refractivity contribution in [3.05, 3.63) is 47.6 Å². The third-order valence-corrected chi connectivity index (χ3v) is 2.56. The smallest absolute Gasteiger partial charge is 0.00108 e. The minimum Gasteiger partial charge on any atom is -0.0913 e. The molecule has 0 saturated carbocycles. The molecular formula is C20H40. The van der Waals surface area contributed by atoms with Crippen molar-refractivity contribution >= 4 is 0 Å². The van der Waals surface area contributed by atoms with Crippen LogP contribution in [0.3, 0.4) is 0 Å². The third kappa shape index (κ3) is 12.0. The van der Waals surface area contributed by atoms with E-state index in [1.165, 1.54) is 11.1 Å². The highest BCUT2D eigenvalue weighted by Gasteiger charge is 2.11. The van der Waals surface area contributed by atoms with Crippen LogP contribution in [0.25, 0.3) is 0 Å². The van der Waals surface area contributed by atoms with Crippen molar-refractivity contribution in [2.75, 3.05) is 0 Å². The zero-order valence-electron chi connectivity index (χ0n) is 13.7. The minimum atomic E-state index is 0. The van der Waals surface area contributed by atoms with Gasteiger partial charge in [0.05, 0.1) is 0 Å². The Labute approximate surface area is 130 Å². The van der Waals surface area contributed by atoms with Crippen LogP contribution >= 0.6 is 0 Å². The standard InChI is InChI=1S/C14H20.2C2H6.2CH4/c1-5-6-7-13-9-11-14(3,4)10-8-12(13)2;2*1-2;;/h5-6,8-11H,7H2,1-4H3;2*1-2H3;2*1H4/b6-5-;;;;. The molecule has 0 unspecified atom stereocenters. The van der Waals surface area contributed by atoms with E-state index in [0.717, 1.165) is 6.42 Å². The molecule has 0 amide bonds. The summed E-state index contributed by atoms with van der Waals surface area (Å²) in [5.41, 5.74) is 2.99. The van der Waals surface area contributed by atoms with Crippen molar-refractivity contribution in [3.8, 4) is 0 Å². The van der Waals surface area contributed by atoms with Gasteiger partial charge in [0.2, 0.25) is 0 Å². The van der Waals surface area contributed by atoms with E-state index >= 15 is 0 Å². The molecule has 0 heteroatoms. The maximum absolute atomic E-state index is 2.28. The average Bonchev–Trinajstić information content (AvgIpc) is 2.53. The first-order valence-corrected chi connectivity index (χ1v) is 7.24. The van der Waals surface area contributed by atoms with E-state index in [2.05, 4.69) is 64.2 Å². The summed E-state index contributed by atoms with van der Waals surface area (Å²) in [4.78, 5) is 0. The van der Waals surface area contributed by atoms with E-state index in [-0.39, 0.29) is 20.3 Å². The van der Waals surface area contributed by atoms with Gasteiger partial charge in [0, 0.05) is 5.41 Å². The summed E-state index contributed by atoms with van der Waals surface area (Å²) in [5, 5.41) is 0. The first kappa shape index (κ1) is 27.3. The monoisotopic (exact) mass is 280 g/mol. The summed E-state index contributed by atoms with van der Waals surface area (Å²) in [6.07, 6.45) is 14.4. The fourth-order valence-corrected chi connectivity index (χ4v) is 1.42. The van der Waals surface area contributed by atoms with Crippen molar-refractivity contribution in [1.82, 2.24) is 0 Å². The van der Waals surface area contributed by atoms with Crippen LogP contribution in [-0.2, 0) is 0 Å². The molecular weight excluding hydrogens is 240 g/mol. The fourth-order valence-electron chi connectivity index (χ4n) is 1.42. The fraction of sp³-hybridized carbons (Fsp3) is 0.600. The van der Waals surface area contributed by atoms with Crippen LogP contribution in [-0.4, -0.2) is 0 Å². The van der Waals surface area contributed by atoms with Crippen LogP contribution in [0.4, 0.5) is 0 Å². The Morgan fingerprint density at radius 2 is 1.40 bits per heavy atom. The Hall–Kier alpha value is -1.04. The molecule has 0 aromatic rings. The van der Waals surface area contributed by atoms with Crippen LogP contribution < -0.4 is 0 Å². The van der Waals surface area contributed by atoms with Crippen LogP contribution in [0.5, 0.6) is 0 Å². The lowest BCUT2D eigenvalue weighted by Crippen LogP contribution is -2.00. The van der Waals surface area contributed by atoms with Gasteiger partial charge in [-0.25, -0.2) is 0 Å². The normalized spacial score (nSPS) is 15.0. The number of allylic oxidation sites excluding steroid dienone is 8. The lowest BCUT2D eigenvalue weighted by molar-refractivity contribution is 0.626. The maximum atomic E-state index is 2.28. The Kier molecular flexibility index (Phi) is 21.9. The lowest BCUT2D eigenvalue weighted by Gasteiger charge is -2.12. The highest BCUT2D eigenvalue weighted by molar-refractivity contribution is 5.38. The second kappa shape index (κ2) is 16.0. The van der Waals surface area contributed by atoms with Gasteiger partial charge in [-0.2, -0.15) is 0 Å². The third-order valence-electron chi connectivity index (χ3n) is 2.56. The summed E-state index contributed by atoms with van der Waals surface area (Å²) in [6.45, 7) is 16.7. The zero-order valence-corrected chi connectivity index (χ0v) is 13.7. The molecule has 0 bridgehead atoms. The van der Waals surface area contributed by atoms with Crippen molar-refractivity contribution < 1.29 is 0 Å². The van der Waals surface area contributed by atoms with E-state index in [1.807, 2.05) is 27.7 Å². The van der Waals surface area contributed by atoms with Crippen molar-refractivity contribution in [2.45, 2.75) is 76.7 Å². The van der Waals surface area contributed by atoms with Crippen LogP contribution in [0.15, 0.2) is 47.6 Å². The van der Waals surface area contributed by atoms with Crippen LogP contribution in [0.1, 0.15) is 76.7 Å². The van der Waals surface area contributed by atoms with Gasteiger partial charge in [0.1, 0.15) is 0 Å². The molecule has 0 radical (unpaired) electrons. The molecule has 0 atom stereocenters. The quantitative estimate of drug-likeness (QED) is 0.454. The van der Waals surface area contributed by atoms with Gasteiger partial charge in [-0.15, -0.1) is 0 Å². The number of hydrogen-bond acceptors (Lipinski definition) is 0. The predicted molar refractivity (Wildman–Crippen MR) is 100 cm³/mol. The first-order valence-electron chi connectivity index (χ1n) is 7.24. The largest absolute Gasteiger partial charge is 0.0913 e. The van der Waals surface area contributed by atoms with E-state index < -0.39 is 0 Å². The maximum Gasteiger partial charge on any atom is 0.00108 e. The van der Waals surface area contributed by atoms with E-state index in [0.29, 0.717) is 0 Å². The molecule has 20 heavy (non-hydrogen) atoms. The van der Waals surface area contributed by atoms with Gasteiger partial charge in [-0.05, 0) is 31.4 Å². The Morgan fingerprint density at radius 1 is 0.950 bits per heavy atom. The molecule has 1 aliphatic rings. The van der Waals surface area contributed by atoms with Gasteiger partial charge in [0.15, 0.2) is 0 Å². The van der Waals surface area contributed by atoms with Gasteiger partial charge in [0.25, 0.3) is 0 Å². The second-order valence-corrected chi connectivity index (χ2v) is 4.47. The summed E-state index contributed by atoms with van der Waals surface area (Å²) in [7, 11) is 0. The molecule has 0 nitrogen and oxygen atoms in total. The molecule has 0 N–H and O–H groups in total. The van der Waals surface area contributed by atoms with Gasteiger partial charge >= 0.3 is 0 Å². The molecule has 0 heterocycles. The van der Waals surface area contributed by atoms with Crippen molar-refractivity contribution in [2.24, 2.45) is 5.41 Å². The van der Waals surface area contributed by atoms with E-state index in [1.54, 1.807) is 0 Å². The summed E-state index contributed by atoms with van der Waals surface area (Å²) < 4.78 is 0. The zero-order chi connectivity index (χ0) is 14.6.